The quantitative estimate of drug-likeness (QED) is 0.262. The summed E-state index contributed by atoms with van der Waals surface area (Å²) in [5, 5.41) is 0. The second-order valence-electron chi connectivity index (χ2n) is 9.90. The molecule has 0 radical (unpaired) electrons. The summed E-state index contributed by atoms with van der Waals surface area (Å²) < 4.78 is 42.9. The summed E-state index contributed by atoms with van der Waals surface area (Å²) in [6.07, 6.45) is 15.2. The van der Waals surface area contributed by atoms with E-state index in [1.54, 1.807) is 12.1 Å². The Bertz CT molecular complexity index is 819. The van der Waals surface area contributed by atoms with E-state index >= 15 is 0 Å². The molecule has 0 bridgehead atoms. The molecule has 0 atom stereocenters. The van der Waals surface area contributed by atoms with Crippen LogP contribution in [0.2, 0.25) is 0 Å². The average molecular weight is 459 g/mol. The molecule has 0 N–H and O–H groups in total. The first kappa shape index (κ1) is 25.8. The molecule has 1 saturated carbocycles. The van der Waals surface area contributed by atoms with Gasteiger partial charge in [-0.05, 0) is 61.1 Å². The fourth-order valence-electron chi connectivity index (χ4n) is 5.13. The maximum Gasteiger partial charge on any atom is 0.166 e. The first-order valence-electron chi connectivity index (χ1n) is 13.3. The third-order valence-corrected chi connectivity index (χ3v) is 7.31. The van der Waals surface area contributed by atoms with Gasteiger partial charge < -0.3 is 0 Å². The third kappa shape index (κ3) is 7.90. The normalized spacial score (nSPS) is 18.5. The van der Waals surface area contributed by atoms with E-state index in [0.29, 0.717) is 41.9 Å². The van der Waals surface area contributed by atoms with Crippen molar-refractivity contribution in [2.45, 2.75) is 115 Å². The van der Waals surface area contributed by atoms with Crippen molar-refractivity contribution < 1.29 is 13.2 Å². The lowest BCUT2D eigenvalue weighted by molar-refractivity contribution is 0.235. The Hall–Kier alpha value is -1.77. The Morgan fingerprint density at radius 2 is 1.24 bits per heavy atom. The summed E-state index contributed by atoms with van der Waals surface area (Å²) in [5.74, 6) is -1.07. The van der Waals surface area contributed by atoms with Crippen LogP contribution in [0.3, 0.4) is 0 Å². The third-order valence-electron chi connectivity index (χ3n) is 7.31. The first-order valence-corrected chi connectivity index (χ1v) is 13.3. The minimum atomic E-state index is -0.745. The van der Waals surface area contributed by atoms with Crippen LogP contribution in [-0.2, 0) is 6.42 Å². The maximum atomic E-state index is 14.8. The van der Waals surface area contributed by atoms with Crippen LogP contribution in [0.4, 0.5) is 13.2 Å². The van der Waals surface area contributed by atoms with Crippen molar-refractivity contribution in [3.8, 4) is 11.1 Å². The Balaban J connectivity index is 1.46. The summed E-state index contributed by atoms with van der Waals surface area (Å²) in [7, 11) is 0. The van der Waals surface area contributed by atoms with Gasteiger partial charge in [-0.2, -0.15) is 0 Å². The van der Waals surface area contributed by atoms with Gasteiger partial charge in [0, 0.05) is 5.56 Å². The topological polar surface area (TPSA) is 0 Å². The molecule has 3 heteroatoms. The minimum absolute atomic E-state index is 0.318. The van der Waals surface area contributed by atoms with Gasteiger partial charge in [-0.15, -0.1) is 0 Å². The maximum absolute atomic E-state index is 14.8. The van der Waals surface area contributed by atoms with E-state index in [-0.39, 0.29) is 0 Å². The second kappa shape index (κ2) is 13.8. The highest BCUT2D eigenvalue weighted by atomic mass is 19.2. The van der Waals surface area contributed by atoms with Gasteiger partial charge in [-0.1, -0.05) is 101 Å². The zero-order chi connectivity index (χ0) is 23.5. The standard InChI is InChI=1S/C30H41F3/c1-2-3-4-5-6-7-8-9-10-11-12-26-19-22-28(30(33)29(26)32)25-15-13-23(14-16-25)24-17-20-27(31)21-18-24/h13-16,19,22,24,27H,2-12,17-18,20-21H2,1H3. The van der Waals surface area contributed by atoms with Gasteiger partial charge in [0.15, 0.2) is 11.6 Å². The van der Waals surface area contributed by atoms with Crippen molar-refractivity contribution in [2.75, 3.05) is 0 Å². The molecular weight excluding hydrogens is 417 g/mol. The van der Waals surface area contributed by atoms with Crippen LogP contribution in [0.5, 0.6) is 0 Å². The molecule has 3 rings (SSSR count). The summed E-state index contributed by atoms with van der Waals surface area (Å²) in [6.45, 7) is 2.24. The van der Waals surface area contributed by atoms with Gasteiger partial charge in [0.25, 0.3) is 0 Å². The highest BCUT2D eigenvalue weighted by molar-refractivity contribution is 5.65. The van der Waals surface area contributed by atoms with Crippen LogP contribution in [0.25, 0.3) is 11.1 Å². The summed E-state index contributed by atoms with van der Waals surface area (Å²) in [4.78, 5) is 0. The van der Waals surface area contributed by atoms with Gasteiger partial charge in [-0.3, -0.25) is 0 Å². The van der Waals surface area contributed by atoms with E-state index in [1.807, 2.05) is 24.3 Å². The molecule has 0 aliphatic heterocycles. The predicted molar refractivity (Wildman–Crippen MR) is 133 cm³/mol. The molecular formula is C30H41F3. The summed E-state index contributed by atoms with van der Waals surface area (Å²) >= 11 is 0. The lowest BCUT2D eigenvalue weighted by atomic mass is 9.83. The monoisotopic (exact) mass is 458 g/mol. The van der Waals surface area contributed by atoms with Crippen molar-refractivity contribution in [3.05, 3.63) is 59.2 Å². The number of aryl methyl sites for hydroxylation is 1. The predicted octanol–water partition coefficient (Wildman–Crippen LogP) is 10.1. The number of benzene rings is 2. The molecule has 0 heterocycles. The molecule has 182 valence electrons. The van der Waals surface area contributed by atoms with Crippen LogP contribution in [0, 0.1) is 11.6 Å². The Labute approximate surface area is 199 Å². The first-order chi connectivity index (χ1) is 16.1. The summed E-state index contributed by atoms with van der Waals surface area (Å²) in [5.41, 5.74) is 2.66. The molecule has 0 amide bonds. The molecule has 0 aromatic heterocycles. The van der Waals surface area contributed by atoms with Gasteiger partial charge >= 0.3 is 0 Å². The van der Waals surface area contributed by atoms with E-state index in [0.717, 1.165) is 25.7 Å². The molecule has 2 aromatic rings. The largest absolute Gasteiger partial charge is 0.247 e. The minimum Gasteiger partial charge on any atom is -0.247 e. The van der Waals surface area contributed by atoms with Crippen molar-refractivity contribution in [1.82, 2.24) is 0 Å². The highest BCUT2D eigenvalue weighted by Crippen LogP contribution is 2.35. The molecule has 1 aliphatic carbocycles. The molecule has 0 spiro atoms. The summed E-state index contributed by atoms with van der Waals surface area (Å²) in [6, 6.07) is 11.2. The molecule has 0 nitrogen and oxygen atoms in total. The van der Waals surface area contributed by atoms with Crippen LogP contribution >= 0.6 is 0 Å². The van der Waals surface area contributed by atoms with Crippen LogP contribution in [-0.4, -0.2) is 6.17 Å². The number of hydrogen-bond acceptors (Lipinski definition) is 0. The number of halogens is 3. The van der Waals surface area contributed by atoms with Gasteiger partial charge in [0.2, 0.25) is 0 Å². The SMILES string of the molecule is CCCCCCCCCCCCc1ccc(-c2ccc(C3CCC(F)CC3)cc2)c(F)c1F. The van der Waals surface area contributed by atoms with Crippen LogP contribution in [0.1, 0.15) is 114 Å². The van der Waals surface area contributed by atoms with Crippen molar-refractivity contribution in [2.24, 2.45) is 0 Å². The number of rotatable bonds is 13. The molecule has 33 heavy (non-hydrogen) atoms. The number of alkyl halides is 1. The van der Waals surface area contributed by atoms with Crippen molar-refractivity contribution >= 4 is 0 Å². The molecule has 1 aliphatic rings. The van der Waals surface area contributed by atoms with E-state index in [9.17, 15) is 13.2 Å². The van der Waals surface area contributed by atoms with Gasteiger partial charge in [0.1, 0.15) is 6.17 Å². The zero-order valence-corrected chi connectivity index (χ0v) is 20.4. The zero-order valence-electron chi connectivity index (χ0n) is 20.4. The van der Waals surface area contributed by atoms with Gasteiger partial charge in [0.05, 0.1) is 0 Å². The average Bonchev–Trinajstić information content (AvgIpc) is 2.83. The van der Waals surface area contributed by atoms with Crippen LogP contribution in [0.15, 0.2) is 36.4 Å². The Morgan fingerprint density at radius 3 is 1.85 bits per heavy atom. The second-order valence-corrected chi connectivity index (χ2v) is 9.90. The highest BCUT2D eigenvalue weighted by Gasteiger charge is 2.22. The van der Waals surface area contributed by atoms with E-state index in [4.69, 9.17) is 0 Å². The van der Waals surface area contributed by atoms with E-state index in [2.05, 4.69) is 6.92 Å². The molecule has 0 unspecified atom stereocenters. The number of hydrogen-bond donors (Lipinski definition) is 0. The lowest BCUT2D eigenvalue weighted by Crippen LogP contribution is -2.13. The Morgan fingerprint density at radius 1 is 0.667 bits per heavy atom. The van der Waals surface area contributed by atoms with Crippen molar-refractivity contribution in [3.63, 3.8) is 0 Å². The molecule has 0 saturated heterocycles. The molecule has 1 fully saturated rings. The van der Waals surface area contributed by atoms with E-state index in [1.165, 1.54) is 56.9 Å². The fourth-order valence-corrected chi connectivity index (χ4v) is 5.13. The fraction of sp³-hybridized carbons (Fsp3) is 0.600. The van der Waals surface area contributed by atoms with Crippen LogP contribution < -0.4 is 0 Å². The number of unbranched alkanes of at least 4 members (excludes halogenated alkanes) is 9. The molecule has 2 aromatic carbocycles. The van der Waals surface area contributed by atoms with Crippen molar-refractivity contribution in [1.29, 1.82) is 0 Å². The van der Waals surface area contributed by atoms with E-state index < -0.39 is 17.8 Å². The van der Waals surface area contributed by atoms with Gasteiger partial charge in [-0.25, -0.2) is 13.2 Å². The lowest BCUT2D eigenvalue weighted by Gasteiger charge is -2.24. The Kier molecular flexibility index (Phi) is 10.8. The smallest absolute Gasteiger partial charge is 0.166 e.